The van der Waals surface area contributed by atoms with Gasteiger partial charge in [0.2, 0.25) is 0 Å². The van der Waals surface area contributed by atoms with Crippen molar-refractivity contribution in [1.29, 1.82) is 5.26 Å². The second kappa shape index (κ2) is 9.44. The molecule has 0 fully saturated rings. The maximum atomic E-state index is 12.8. The molecule has 0 saturated carbocycles. The molecule has 4 aromatic rings. The minimum atomic E-state index is -0.473. The number of nitriles is 1. The van der Waals surface area contributed by atoms with Crippen LogP contribution >= 0.6 is 27.5 Å². The van der Waals surface area contributed by atoms with E-state index < -0.39 is 5.91 Å². The van der Waals surface area contributed by atoms with Gasteiger partial charge in [-0.2, -0.15) is 5.26 Å². The molecule has 158 valence electrons. The Hall–Kier alpha value is -3.33. The number of hydrogen-bond acceptors (Lipinski definition) is 2. The van der Waals surface area contributed by atoms with E-state index in [-0.39, 0.29) is 5.57 Å². The Balaban J connectivity index is 1.73. The molecule has 0 aliphatic carbocycles. The number of halogens is 2. The fourth-order valence-corrected chi connectivity index (χ4v) is 4.13. The summed E-state index contributed by atoms with van der Waals surface area (Å²) in [4.78, 5) is 12.8. The number of fused-ring (bicyclic) bond motifs is 1. The molecule has 0 bridgehead atoms. The largest absolute Gasteiger partial charge is 0.340 e. The van der Waals surface area contributed by atoms with Crippen molar-refractivity contribution in [3.8, 4) is 6.07 Å². The van der Waals surface area contributed by atoms with Crippen molar-refractivity contribution in [2.75, 3.05) is 5.32 Å². The topological polar surface area (TPSA) is 57.8 Å². The summed E-state index contributed by atoms with van der Waals surface area (Å²) in [5, 5.41) is 14.0. The number of carbonyl (C=O) groups excluding carboxylic acids is 1. The molecule has 0 radical (unpaired) electrons. The van der Waals surface area contributed by atoms with Crippen molar-refractivity contribution in [2.45, 2.75) is 13.5 Å². The average molecular weight is 505 g/mol. The summed E-state index contributed by atoms with van der Waals surface area (Å²) in [5.41, 5.74) is 4.61. The number of nitrogens with zero attached hydrogens (tertiary/aromatic N) is 2. The Labute approximate surface area is 199 Å². The van der Waals surface area contributed by atoms with Crippen LogP contribution in [-0.4, -0.2) is 10.5 Å². The van der Waals surface area contributed by atoms with Gasteiger partial charge in [-0.1, -0.05) is 63.9 Å². The second-order valence-electron chi connectivity index (χ2n) is 7.36. The van der Waals surface area contributed by atoms with E-state index in [9.17, 15) is 10.1 Å². The fraction of sp³-hybridized carbons (Fsp3) is 0.0769. The Morgan fingerprint density at radius 3 is 2.59 bits per heavy atom. The number of amides is 1. The third kappa shape index (κ3) is 4.62. The zero-order chi connectivity index (χ0) is 22.7. The number of anilines is 1. The molecule has 1 aromatic heterocycles. The molecule has 0 saturated heterocycles. The predicted octanol–water partition coefficient (Wildman–Crippen LogP) is 6.96. The van der Waals surface area contributed by atoms with Crippen LogP contribution in [0, 0.1) is 18.3 Å². The van der Waals surface area contributed by atoms with E-state index in [0.29, 0.717) is 17.3 Å². The van der Waals surface area contributed by atoms with Gasteiger partial charge in [-0.25, -0.2) is 0 Å². The van der Waals surface area contributed by atoms with Gasteiger partial charge in [0.1, 0.15) is 11.6 Å². The molecular formula is C26H19BrClN3O. The SMILES string of the molecule is Cc1c(C=C(C#N)C(=O)Nc2cccc(Cl)c2)c2ccccc2n1Cc1ccc(Br)cc1. The Bertz CT molecular complexity index is 1380. The van der Waals surface area contributed by atoms with E-state index in [0.717, 1.165) is 32.2 Å². The van der Waals surface area contributed by atoms with Crippen molar-refractivity contribution in [3.05, 3.63) is 105 Å². The molecule has 4 rings (SSSR count). The number of hydrogen-bond donors (Lipinski definition) is 1. The first-order valence-corrected chi connectivity index (χ1v) is 11.1. The van der Waals surface area contributed by atoms with Gasteiger partial charge in [-0.15, -0.1) is 0 Å². The first-order valence-electron chi connectivity index (χ1n) is 9.97. The van der Waals surface area contributed by atoms with E-state index in [1.807, 2.05) is 43.3 Å². The molecule has 4 nitrogen and oxygen atoms in total. The van der Waals surface area contributed by atoms with Crippen LogP contribution in [-0.2, 0) is 11.3 Å². The first-order chi connectivity index (χ1) is 15.5. The van der Waals surface area contributed by atoms with Crippen molar-refractivity contribution < 1.29 is 4.79 Å². The molecule has 1 heterocycles. The Kier molecular flexibility index (Phi) is 6.45. The summed E-state index contributed by atoms with van der Waals surface area (Å²) in [6, 6.07) is 25.1. The normalized spacial score (nSPS) is 11.4. The quantitative estimate of drug-likeness (QED) is 0.236. The molecular weight excluding hydrogens is 486 g/mol. The number of benzene rings is 3. The first kappa shape index (κ1) is 21.9. The van der Waals surface area contributed by atoms with Gasteiger partial charge in [0.25, 0.3) is 5.91 Å². The number of nitrogens with one attached hydrogen (secondary N) is 1. The summed E-state index contributed by atoms with van der Waals surface area (Å²) in [6.45, 7) is 2.69. The van der Waals surface area contributed by atoms with Crippen molar-refractivity contribution >= 4 is 56.1 Å². The van der Waals surface area contributed by atoms with E-state index in [4.69, 9.17) is 11.6 Å². The minimum absolute atomic E-state index is 0.0274. The summed E-state index contributed by atoms with van der Waals surface area (Å²) in [6.07, 6.45) is 1.66. The number of carbonyl (C=O) groups is 1. The van der Waals surface area contributed by atoms with Gasteiger partial charge in [0.05, 0.1) is 0 Å². The number of para-hydroxylation sites is 1. The summed E-state index contributed by atoms with van der Waals surface area (Å²) in [5.74, 6) is -0.473. The maximum Gasteiger partial charge on any atom is 0.266 e. The van der Waals surface area contributed by atoms with Crippen LogP contribution < -0.4 is 5.32 Å². The standard InChI is InChI=1S/C26H19BrClN3O/c1-17-24(13-19(15-29)26(32)30-22-6-4-5-21(28)14-22)23-7-2-3-8-25(23)31(17)16-18-9-11-20(27)12-10-18/h2-14H,16H2,1H3,(H,30,32). The molecule has 6 heteroatoms. The third-order valence-electron chi connectivity index (χ3n) is 5.27. The van der Waals surface area contributed by atoms with Crippen LogP contribution in [0.4, 0.5) is 5.69 Å². The van der Waals surface area contributed by atoms with Gasteiger partial charge in [0, 0.05) is 43.9 Å². The molecule has 0 spiro atoms. The van der Waals surface area contributed by atoms with Crippen molar-refractivity contribution in [3.63, 3.8) is 0 Å². The lowest BCUT2D eigenvalue weighted by atomic mass is 10.1. The average Bonchev–Trinajstić information content (AvgIpc) is 3.04. The van der Waals surface area contributed by atoms with Crippen molar-refractivity contribution in [2.24, 2.45) is 0 Å². The fourth-order valence-electron chi connectivity index (χ4n) is 3.67. The zero-order valence-electron chi connectivity index (χ0n) is 17.3. The van der Waals surface area contributed by atoms with Crippen molar-refractivity contribution in [1.82, 2.24) is 4.57 Å². The second-order valence-corrected chi connectivity index (χ2v) is 8.72. The van der Waals surface area contributed by atoms with E-state index >= 15 is 0 Å². The number of aromatic nitrogens is 1. The van der Waals surface area contributed by atoms with Gasteiger partial charge in [0.15, 0.2) is 0 Å². The van der Waals surface area contributed by atoms with Gasteiger partial charge < -0.3 is 9.88 Å². The molecule has 3 aromatic carbocycles. The lowest BCUT2D eigenvalue weighted by Gasteiger charge is -2.09. The zero-order valence-corrected chi connectivity index (χ0v) is 19.6. The lowest BCUT2D eigenvalue weighted by molar-refractivity contribution is -0.112. The van der Waals surface area contributed by atoms with E-state index in [2.05, 4.69) is 44.0 Å². The van der Waals surface area contributed by atoms with Crippen LogP contribution in [0.3, 0.4) is 0 Å². The monoisotopic (exact) mass is 503 g/mol. The van der Waals surface area contributed by atoms with Crippen LogP contribution in [0.15, 0.2) is 82.8 Å². The van der Waals surface area contributed by atoms with Crippen LogP contribution in [0.25, 0.3) is 17.0 Å². The molecule has 0 atom stereocenters. The van der Waals surface area contributed by atoms with E-state index in [1.165, 1.54) is 0 Å². The highest BCUT2D eigenvalue weighted by Gasteiger charge is 2.16. The molecule has 32 heavy (non-hydrogen) atoms. The lowest BCUT2D eigenvalue weighted by Crippen LogP contribution is -2.13. The minimum Gasteiger partial charge on any atom is -0.340 e. The van der Waals surface area contributed by atoms with Gasteiger partial charge in [-0.05, 0) is 55.0 Å². The summed E-state index contributed by atoms with van der Waals surface area (Å²) >= 11 is 9.47. The molecule has 1 N–H and O–H groups in total. The van der Waals surface area contributed by atoms with Gasteiger partial charge >= 0.3 is 0 Å². The molecule has 0 aliphatic heterocycles. The number of rotatable bonds is 5. The highest BCUT2D eigenvalue weighted by Crippen LogP contribution is 2.29. The van der Waals surface area contributed by atoms with E-state index in [1.54, 1.807) is 30.3 Å². The van der Waals surface area contributed by atoms with Crippen LogP contribution in [0.2, 0.25) is 5.02 Å². The summed E-state index contributed by atoms with van der Waals surface area (Å²) in [7, 11) is 0. The third-order valence-corrected chi connectivity index (χ3v) is 6.03. The highest BCUT2D eigenvalue weighted by molar-refractivity contribution is 9.10. The smallest absolute Gasteiger partial charge is 0.266 e. The van der Waals surface area contributed by atoms with Crippen LogP contribution in [0.5, 0.6) is 0 Å². The predicted molar refractivity (Wildman–Crippen MR) is 134 cm³/mol. The Morgan fingerprint density at radius 1 is 1.12 bits per heavy atom. The Morgan fingerprint density at radius 2 is 1.88 bits per heavy atom. The molecule has 0 unspecified atom stereocenters. The maximum absolute atomic E-state index is 12.8. The van der Waals surface area contributed by atoms with Crippen LogP contribution in [0.1, 0.15) is 16.8 Å². The molecule has 0 aliphatic rings. The summed E-state index contributed by atoms with van der Waals surface area (Å²) < 4.78 is 3.23. The highest BCUT2D eigenvalue weighted by atomic mass is 79.9. The molecule has 1 amide bonds. The van der Waals surface area contributed by atoms with Gasteiger partial charge in [-0.3, -0.25) is 4.79 Å².